The molecule has 1 aromatic carbocycles. The smallest absolute Gasteiger partial charge is 0.134 e. The monoisotopic (exact) mass is 440 g/mol. The van der Waals surface area contributed by atoms with Crippen molar-refractivity contribution in [1.29, 1.82) is 0 Å². The second-order valence-corrected chi connectivity index (χ2v) is 8.93. The van der Waals surface area contributed by atoms with Crippen LogP contribution in [0.4, 0.5) is 21.7 Å². The summed E-state index contributed by atoms with van der Waals surface area (Å²) in [5.41, 5.74) is 1.84. The number of halogens is 1. The quantitative estimate of drug-likeness (QED) is 0.741. The van der Waals surface area contributed by atoms with Crippen LogP contribution in [0, 0.1) is 5.82 Å². The molecule has 8 heteroatoms. The van der Waals surface area contributed by atoms with Gasteiger partial charge in [-0.1, -0.05) is 6.07 Å². The number of rotatable bonds is 6. The van der Waals surface area contributed by atoms with Crippen molar-refractivity contribution in [2.75, 3.05) is 67.2 Å². The Morgan fingerprint density at radius 1 is 0.938 bits per heavy atom. The van der Waals surface area contributed by atoms with Crippen LogP contribution in [-0.2, 0) is 11.3 Å². The minimum Gasteiger partial charge on any atom is -0.378 e. The fraction of sp³-hybridized carbons (Fsp3) is 0.583. The van der Waals surface area contributed by atoms with Crippen LogP contribution in [0.15, 0.2) is 30.6 Å². The van der Waals surface area contributed by atoms with Gasteiger partial charge in [0.1, 0.15) is 23.8 Å². The van der Waals surface area contributed by atoms with Gasteiger partial charge in [-0.25, -0.2) is 14.4 Å². The molecule has 3 fully saturated rings. The summed E-state index contributed by atoms with van der Waals surface area (Å²) in [5, 5.41) is 3.64. The molecule has 7 nitrogen and oxygen atoms in total. The second-order valence-electron chi connectivity index (χ2n) is 8.93. The lowest BCUT2D eigenvalue weighted by Crippen LogP contribution is -2.46. The van der Waals surface area contributed by atoms with E-state index in [9.17, 15) is 4.39 Å². The van der Waals surface area contributed by atoms with Gasteiger partial charge in [-0.2, -0.15) is 0 Å². The topological polar surface area (TPSA) is 56.8 Å². The van der Waals surface area contributed by atoms with Gasteiger partial charge < -0.3 is 24.8 Å². The van der Waals surface area contributed by atoms with Crippen molar-refractivity contribution in [2.24, 2.45) is 0 Å². The number of benzene rings is 1. The Labute approximate surface area is 189 Å². The SMILES string of the molecule is Fc1cccc(N2CCCC2)c1CNC1CCCN(c2cc(N3CCOCC3)ncn2)C1. The molecule has 3 aliphatic heterocycles. The Kier molecular flexibility index (Phi) is 6.69. The van der Waals surface area contributed by atoms with Gasteiger partial charge in [0.15, 0.2) is 0 Å². The highest BCUT2D eigenvalue weighted by Gasteiger charge is 2.24. The van der Waals surface area contributed by atoms with E-state index in [1.165, 1.54) is 12.8 Å². The fourth-order valence-electron chi connectivity index (χ4n) is 5.05. The number of piperidine rings is 1. The highest BCUT2D eigenvalue weighted by molar-refractivity contribution is 5.55. The van der Waals surface area contributed by atoms with Gasteiger partial charge in [0.2, 0.25) is 0 Å². The lowest BCUT2D eigenvalue weighted by atomic mass is 10.0. The van der Waals surface area contributed by atoms with Crippen LogP contribution < -0.4 is 20.0 Å². The molecule has 0 saturated carbocycles. The van der Waals surface area contributed by atoms with Crippen LogP contribution in [-0.4, -0.2) is 68.5 Å². The van der Waals surface area contributed by atoms with Crippen molar-refractivity contribution < 1.29 is 9.13 Å². The number of nitrogens with zero attached hydrogens (tertiary/aromatic N) is 5. The number of nitrogens with one attached hydrogen (secondary N) is 1. The summed E-state index contributed by atoms with van der Waals surface area (Å²) < 4.78 is 20.2. The zero-order valence-electron chi connectivity index (χ0n) is 18.7. The Hall–Kier alpha value is -2.45. The maximum atomic E-state index is 14.7. The van der Waals surface area contributed by atoms with Crippen molar-refractivity contribution >= 4 is 17.3 Å². The molecule has 0 spiro atoms. The first-order valence-corrected chi connectivity index (χ1v) is 11.9. The van der Waals surface area contributed by atoms with E-state index in [2.05, 4.69) is 42.1 Å². The number of anilines is 3. The first-order valence-electron chi connectivity index (χ1n) is 11.9. The third-order valence-corrected chi connectivity index (χ3v) is 6.83. The average molecular weight is 441 g/mol. The van der Waals surface area contributed by atoms with Crippen molar-refractivity contribution in [3.8, 4) is 0 Å². The molecule has 1 aromatic heterocycles. The summed E-state index contributed by atoms with van der Waals surface area (Å²) in [6.07, 6.45) is 6.22. The normalized spacial score (nSPS) is 21.9. The molecule has 172 valence electrons. The highest BCUT2D eigenvalue weighted by Crippen LogP contribution is 2.27. The maximum absolute atomic E-state index is 14.7. The molecule has 0 radical (unpaired) electrons. The van der Waals surface area contributed by atoms with Gasteiger partial charge in [-0.3, -0.25) is 0 Å². The standard InChI is InChI=1S/C24H33FN6O/c25-21-6-3-7-22(29-8-1-2-9-29)20(21)16-26-19-5-4-10-31(17-19)24-15-23(27-18-28-24)30-11-13-32-14-12-30/h3,6-7,15,18-19,26H,1-2,4-5,8-14,16-17H2. The van der Waals surface area contributed by atoms with Gasteiger partial charge >= 0.3 is 0 Å². The molecule has 1 N–H and O–H groups in total. The molecular formula is C24H33FN6O. The Balaban J connectivity index is 1.24. The second kappa shape index (κ2) is 10.0. The average Bonchev–Trinajstić information content (AvgIpc) is 3.39. The summed E-state index contributed by atoms with van der Waals surface area (Å²) in [6.45, 7) is 7.66. The van der Waals surface area contributed by atoms with Gasteiger partial charge in [0.25, 0.3) is 0 Å². The molecule has 0 amide bonds. The van der Waals surface area contributed by atoms with Gasteiger partial charge in [0.05, 0.1) is 13.2 Å². The van der Waals surface area contributed by atoms with E-state index in [-0.39, 0.29) is 5.82 Å². The largest absolute Gasteiger partial charge is 0.378 e. The van der Waals surface area contributed by atoms with E-state index in [0.29, 0.717) is 12.6 Å². The highest BCUT2D eigenvalue weighted by atomic mass is 19.1. The molecule has 4 heterocycles. The van der Waals surface area contributed by atoms with Crippen molar-refractivity contribution in [2.45, 2.75) is 38.3 Å². The van der Waals surface area contributed by atoms with Crippen LogP contribution in [0.2, 0.25) is 0 Å². The first-order chi connectivity index (χ1) is 15.8. The van der Waals surface area contributed by atoms with E-state index < -0.39 is 0 Å². The van der Waals surface area contributed by atoms with Crippen molar-refractivity contribution in [3.63, 3.8) is 0 Å². The van der Waals surface area contributed by atoms with Crippen LogP contribution in [0.25, 0.3) is 0 Å². The Morgan fingerprint density at radius 3 is 2.50 bits per heavy atom. The number of ether oxygens (including phenoxy) is 1. The minimum absolute atomic E-state index is 0.111. The predicted octanol–water partition coefficient (Wildman–Crippen LogP) is 2.81. The van der Waals surface area contributed by atoms with Crippen molar-refractivity contribution in [3.05, 3.63) is 42.0 Å². The zero-order valence-corrected chi connectivity index (χ0v) is 18.7. The van der Waals surface area contributed by atoms with Crippen LogP contribution in [0.5, 0.6) is 0 Å². The molecule has 3 aliphatic rings. The lowest BCUT2D eigenvalue weighted by Gasteiger charge is -2.35. The summed E-state index contributed by atoms with van der Waals surface area (Å²) in [6, 6.07) is 7.87. The molecule has 32 heavy (non-hydrogen) atoms. The maximum Gasteiger partial charge on any atom is 0.134 e. The van der Waals surface area contributed by atoms with Crippen LogP contribution in [0.3, 0.4) is 0 Å². The van der Waals surface area contributed by atoms with E-state index >= 15 is 0 Å². The van der Waals surface area contributed by atoms with Gasteiger partial charge in [-0.15, -0.1) is 0 Å². The molecule has 0 bridgehead atoms. The predicted molar refractivity (Wildman–Crippen MR) is 125 cm³/mol. The van der Waals surface area contributed by atoms with Gasteiger partial charge in [0, 0.05) is 69.2 Å². The summed E-state index contributed by atoms with van der Waals surface area (Å²) in [5.74, 6) is 1.83. The van der Waals surface area contributed by atoms with E-state index in [4.69, 9.17) is 4.74 Å². The molecule has 1 atom stereocenters. The minimum atomic E-state index is -0.111. The van der Waals surface area contributed by atoms with E-state index in [1.807, 2.05) is 6.07 Å². The zero-order chi connectivity index (χ0) is 21.8. The van der Waals surface area contributed by atoms with Crippen LogP contribution in [0.1, 0.15) is 31.2 Å². The Morgan fingerprint density at radius 2 is 1.69 bits per heavy atom. The molecule has 5 rings (SSSR count). The van der Waals surface area contributed by atoms with Gasteiger partial charge in [-0.05, 0) is 37.8 Å². The van der Waals surface area contributed by atoms with E-state index in [1.54, 1.807) is 12.4 Å². The third kappa shape index (κ3) is 4.81. The van der Waals surface area contributed by atoms with Crippen molar-refractivity contribution in [1.82, 2.24) is 15.3 Å². The third-order valence-electron chi connectivity index (χ3n) is 6.83. The van der Waals surface area contributed by atoms with Crippen LogP contribution >= 0.6 is 0 Å². The molecule has 0 aliphatic carbocycles. The fourth-order valence-corrected chi connectivity index (χ4v) is 5.05. The number of aromatic nitrogens is 2. The first kappa shape index (κ1) is 21.4. The molecule has 3 saturated heterocycles. The summed E-state index contributed by atoms with van der Waals surface area (Å²) in [4.78, 5) is 15.9. The lowest BCUT2D eigenvalue weighted by molar-refractivity contribution is 0.122. The summed E-state index contributed by atoms with van der Waals surface area (Å²) >= 11 is 0. The molecule has 1 unspecified atom stereocenters. The van der Waals surface area contributed by atoms with E-state index in [0.717, 1.165) is 88.2 Å². The number of hydrogen-bond acceptors (Lipinski definition) is 7. The Bertz CT molecular complexity index is 900. The molecule has 2 aromatic rings. The number of hydrogen-bond donors (Lipinski definition) is 1. The summed E-state index contributed by atoms with van der Waals surface area (Å²) in [7, 11) is 0. The number of morpholine rings is 1. The molecular weight excluding hydrogens is 407 g/mol.